The largest absolute Gasteiger partial charge is 0.494 e. The number of ether oxygens (including phenoxy) is 1. The Labute approximate surface area is 154 Å². The lowest BCUT2D eigenvalue weighted by Crippen LogP contribution is -2.29. The van der Waals surface area contributed by atoms with E-state index in [2.05, 4.69) is 15.6 Å². The van der Waals surface area contributed by atoms with Gasteiger partial charge < -0.3 is 15.4 Å². The highest BCUT2D eigenvalue weighted by atomic mass is 32.2. The number of non-ortho nitro benzene ring substituents is 1. The third kappa shape index (κ3) is 5.19. The first kappa shape index (κ1) is 19.7. The summed E-state index contributed by atoms with van der Waals surface area (Å²) in [6.45, 7) is 5.73. The van der Waals surface area contributed by atoms with Gasteiger partial charge in [-0.15, -0.1) is 0 Å². The summed E-state index contributed by atoms with van der Waals surface area (Å²) < 4.78 is 5.08. The molecule has 1 saturated heterocycles. The van der Waals surface area contributed by atoms with Crippen molar-refractivity contribution in [3.05, 3.63) is 28.3 Å². The minimum Gasteiger partial charge on any atom is -0.494 e. The van der Waals surface area contributed by atoms with E-state index in [1.165, 1.54) is 37.1 Å². The average molecular weight is 380 g/mol. The van der Waals surface area contributed by atoms with Crippen LogP contribution < -0.4 is 15.4 Å². The quantitative estimate of drug-likeness (QED) is 0.597. The third-order valence-corrected chi connectivity index (χ3v) is 4.34. The van der Waals surface area contributed by atoms with Gasteiger partial charge in [0.05, 0.1) is 29.3 Å². The van der Waals surface area contributed by atoms with Crippen LogP contribution in [0.25, 0.3) is 0 Å². The Kier molecular flexibility index (Phi) is 5.86. The molecule has 0 radical (unpaired) electrons. The zero-order valence-corrected chi connectivity index (χ0v) is 15.7. The summed E-state index contributed by atoms with van der Waals surface area (Å²) in [5.41, 5.74) is -0.178. The van der Waals surface area contributed by atoms with Crippen molar-refractivity contribution in [3.8, 4) is 5.75 Å². The number of anilines is 1. The van der Waals surface area contributed by atoms with E-state index >= 15 is 0 Å². The smallest absolute Gasteiger partial charge is 0.273 e. The van der Waals surface area contributed by atoms with Crippen LogP contribution in [-0.4, -0.2) is 39.8 Å². The van der Waals surface area contributed by atoms with Gasteiger partial charge in [-0.2, -0.15) is 0 Å². The van der Waals surface area contributed by atoms with Gasteiger partial charge >= 0.3 is 0 Å². The highest BCUT2D eigenvalue weighted by Gasteiger charge is 2.33. The molecular formula is C16H20N4O5S. The number of nitro groups is 1. The highest BCUT2D eigenvalue weighted by molar-refractivity contribution is 8.15. The van der Waals surface area contributed by atoms with Gasteiger partial charge in [0.25, 0.3) is 5.69 Å². The summed E-state index contributed by atoms with van der Waals surface area (Å²) in [7, 11) is 1.35. The minimum absolute atomic E-state index is 0.0557. The molecule has 9 nitrogen and oxygen atoms in total. The van der Waals surface area contributed by atoms with Crippen LogP contribution in [0.3, 0.4) is 0 Å². The molecule has 140 valence electrons. The van der Waals surface area contributed by atoms with Crippen molar-refractivity contribution in [2.75, 3.05) is 12.4 Å². The zero-order chi connectivity index (χ0) is 19.5. The lowest BCUT2D eigenvalue weighted by Gasteiger charge is -2.12. The van der Waals surface area contributed by atoms with Gasteiger partial charge in [0.1, 0.15) is 11.0 Å². The number of benzene rings is 1. The van der Waals surface area contributed by atoms with Crippen molar-refractivity contribution in [1.82, 2.24) is 5.32 Å². The molecule has 1 aromatic rings. The number of aliphatic imine (C=N–C) groups is 1. The maximum Gasteiger partial charge on any atom is 0.273 e. The van der Waals surface area contributed by atoms with E-state index in [0.29, 0.717) is 10.9 Å². The van der Waals surface area contributed by atoms with Gasteiger partial charge in [-0.1, -0.05) is 11.8 Å². The van der Waals surface area contributed by atoms with Crippen molar-refractivity contribution in [2.24, 2.45) is 4.99 Å². The second kappa shape index (κ2) is 7.73. The molecule has 2 rings (SSSR count). The van der Waals surface area contributed by atoms with Crippen molar-refractivity contribution in [2.45, 2.75) is 38.0 Å². The van der Waals surface area contributed by atoms with E-state index in [0.717, 1.165) is 0 Å². The molecule has 1 fully saturated rings. The standard InChI is InChI=1S/C16H20N4O5S/c1-16(2,3)19-15-18-14(22)12(26-15)8-13(21)17-10-6-5-9(20(23)24)7-11(10)25-4/h5-7,12H,8H2,1-4H3,(H,17,21)(H,18,19,22)/t12-/m0/s1. The predicted octanol–water partition coefficient (Wildman–Crippen LogP) is 2.32. The van der Waals surface area contributed by atoms with Crippen LogP contribution >= 0.6 is 11.8 Å². The molecule has 1 aromatic carbocycles. The Morgan fingerprint density at radius 1 is 1.46 bits per heavy atom. The number of hydrogen-bond donors (Lipinski definition) is 2. The molecule has 1 aliphatic heterocycles. The number of nitro benzene ring substituents is 1. The van der Waals surface area contributed by atoms with Crippen LogP contribution in [0.5, 0.6) is 5.75 Å². The SMILES string of the molecule is COc1cc([N+](=O)[O-])ccc1NC(=O)C[C@@H]1SC(=NC(C)(C)C)NC1=O. The molecule has 2 N–H and O–H groups in total. The summed E-state index contributed by atoms with van der Waals surface area (Å²) in [5.74, 6) is -0.503. The van der Waals surface area contributed by atoms with E-state index in [-0.39, 0.29) is 29.3 Å². The maximum absolute atomic E-state index is 12.3. The van der Waals surface area contributed by atoms with Gasteiger partial charge in [0.15, 0.2) is 5.17 Å². The summed E-state index contributed by atoms with van der Waals surface area (Å²) in [5, 5.41) is 16.0. The molecule has 0 bridgehead atoms. The minimum atomic E-state index is -0.583. The Morgan fingerprint density at radius 2 is 2.15 bits per heavy atom. The molecule has 2 amide bonds. The van der Waals surface area contributed by atoms with Crippen LogP contribution in [-0.2, 0) is 9.59 Å². The highest BCUT2D eigenvalue weighted by Crippen LogP contribution is 2.30. The van der Waals surface area contributed by atoms with E-state index in [1.807, 2.05) is 20.8 Å². The number of thioether (sulfide) groups is 1. The molecule has 1 aliphatic rings. The molecule has 0 unspecified atom stereocenters. The molecular weight excluding hydrogens is 360 g/mol. The van der Waals surface area contributed by atoms with E-state index in [1.54, 1.807) is 0 Å². The van der Waals surface area contributed by atoms with Crippen LogP contribution in [0.15, 0.2) is 23.2 Å². The van der Waals surface area contributed by atoms with Crippen molar-refractivity contribution < 1.29 is 19.2 Å². The molecule has 0 aliphatic carbocycles. The van der Waals surface area contributed by atoms with Crippen molar-refractivity contribution in [3.63, 3.8) is 0 Å². The maximum atomic E-state index is 12.3. The summed E-state index contributed by atoms with van der Waals surface area (Å²) in [6, 6.07) is 3.88. The fourth-order valence-electron chi connectivity index (χ4n) is 2.16. The molecule has 10 heteroatoms. The fraction of sp³-hybridized carbons (Fsp3) is 0.438. The number of methoxy groups -OCH3 is 1. The number of hydrogen-bond acceptors (Lipinski definition) is 7. The number of nitrogens with one attached hydrogen (secondary N) is 2. The Balaban J connectivity index is 2.04. The first-order valence-electron chi connectivity index (χ1n) is 7.78. The monoisotopic (exact) mass is 380 g/mol. The molecule has 1 atom stereocenters. The molecule has 26 heavy (non-hydrogen) atoms. The van der Waals surface area contributed by atoms with E-state index < -0.39 is 16.1 Å². The number of amides is 2. The Morgan fingerprint density at radius 3 is 2.73 bits per heavy atom. The summed E-state index contributed by atoms with van der Waals surface area (Å²) >= 11 is 1.21. The van der Waals surface area contributed by atoms with E-state index in [9.17, 15) is 19.7 Å². The van der Waals surface area contributed by atoms with Crippen LogP contribution in [0, 0.1) is 10.1 Å². The van der Waals surface area contributed by atoms with E-state index in [4.69, 9.17) is 4.74 Å². The van der Waals surface area contributed by atoms with Gasteiger partial charge in [-0.05, 0) is 26.8 Å². The topological polar surface area (TPSA) is 123 Å². The number of rotatable bonds is 5. The van der Waals surface area contributed by atoms with Crippen LogP contribution in [0.4, 0.5) is 11.4 Å². The van der Waals surface area contributed by atoms with Gasteiger partial charge in [0.2, 0.25) is 11.8 Å². The Bertz CT molecular complexity index is 772. The van der Waals surface area contributed by atoms with Crippen LogP contribution in [0.1, 0.15) is 27.2 Å². The van der Waals surface area contributed by atoms with Crippen molar-refractivity contribution in [1.29, 1.82) is 0 Å². The number of amidine groups is 1. The molecule has 1 heterocycles. The zero-order valence-electron chi connectivity index (χ0n) is 14.9. The lowest BCUT2D eigenvalue weighted by molar-refractivity contribution is -0.384. The second-order valence-electron chi connectivity index (χ2n) is 6.58. The first-order chi connectivity index (χ1) is 12.1. The first-order valence-corrected chi connectivity index (χ1v) is 8.66. The summed E-state index contributed by atoms with van der Waals surface area (Å²) in [4.78, 5) is 38.9. The van der Waals surface area contributed by atoms with Crippen molar-refractivity contribution >= 4 is 40.1 Å². The molecule has 0 saturated carbocycles. The van der Waals surface area contributed by atoms with Gasteiger partial charge in [-0.3, -0.25) is 24.7 Å². The predicted molar refractivity (Wildman–Crippen MR) is 99.6 cm³/mol. The second-order valence-corrected chi connectivity index (χ2v) is 7.77. The third-order valence-electron chi connectivity index (χ3n) is 3.25. The van der Waals surface area contributed by atoms with Gasteiger partial charge in [-0.25, -0.2) is 0 Å². The number of carbonyl (C=O) groups is 2. The summed E-state index contributed by atoms with van der Waals surface area (Å²) in [6.07, 6.45) is -0.0557. The fourth-order valence-corrected chi connectivity index (χ4v) is 3.32. The Hall–Kier alpha value is -2.62. The number of carbonyl (C=O) groups excluding carboxylic acids is 2. The number of nitrogens with zero attached hydrogens (tertiary/aromatic N) is 2. The van der Waals surface area contributed by atoms with Crippen LogP contribution in [0.2, 0.25) is 0 Å². The normalized spacial score (nSPS) is 18.5. The molecule has 0 spiro atoms. The lowest BCUT2D eigenvalue weighted by atomic mass is 10.1. The van der Waals surface area contributed by atoms with Gasteiger partial charge in [0, 0.05) is 12.5 Å². The average Bonchev–Trinajstić information content (AvgIpc) is 2.84. The molecule has 0 aromatic heterocycles.